The predicted octanol–water partition coefficient (Wildman–Crippen LogP) is -1.76. The molecule has 0 aromatic carbocycles. The van der Waals surface area contributed by atoms with Crippen molar-refractivity contribution in [2.75, 3.05) is 6.61 Å². The summed E-state index contributed by atoms with van der Waals surface area (Å²) in [4.78, 5) is 0. The Morgan fingerprint density at radius 3 is 2.00 bits per heavy atom. The molecule has 0 aliphatic carbocycles. The fourth-order valence-electron chi connectivity index (χ4n) is 1.52. The third-order valence-electron chi connectivity index (χ3n) is 2.39. The van der Waals surface area contributed by atoms with E-state index in [0.29, 0.717) is 6.42 Å². The standard InChI is InChI=1S/C8H16O5/c1-2-4-6(10)8(12)7(11)5(3-9)13-4/h4-12H,2-3H2,1H3/t4-,5-,6-,7-,8-/m1/s1. The lowest BCUT2D eigenvalue weighted by molar-refractivity contribution is -0.229. The second kappa shape index (κ2) is 4.34. The molecule has 5 atom stereocenters. The van der Waals surface area contributed by atoms with Crippen molar-refractivity contribution in [1.82, 2.24) is 0 Å². The van der Waals surface area contributed by atoms with Gasteiger partial charge in [0, 0.05) is 0 Å². The minimum atomic E-state index is -1.24. The van der Waals surface area contributed by atoms with Gasteiger partial charge in [0.15, 0.2) is 0 Å². The van der Waals surface area contributed by atoms with Gasteiger partial charge in [0.1, 0.15) is 24.4 Å². The molecule has 0 aromatic heterocycles. The van der Waals surface area contributed by atoms with Crippen LogP contribution in [0.25, 0.3) is 0 Å². The van der Waals surface area contributed by atoms with Crippen LogP contribution < -0.4 is 0 Å². The summed E-state index contributed by atoms with van der Waals surface area (Å²) in [7, 11) is 0. The molecule has 1 rings (SSSR count). The quantitative estimate of drug-likeness (QED) is 0.416. The van der Waals surface area contributed by atoms with E-state index in [-0.39, 0.29) is 6.61 Å². The van der Waals surface area contributed by atoms with Crippen molar-refractivity contribution in [2.45, 2.75) is 43.9 Å². The minimum absolute atomic E-state index is 0.360. The van der Waals surface area contributed by atoms with Gasteiger partial charge in [0.25, 0.3) is 0 Å². The molecule has 5 heteroatoms. The van der Waals surface area contributed by atoms with Gasteiger partial charge < -0.3 is 25.2 Å². The molecular formula is C8H16O5. The Labute approximate surface area is 76.6 Å². The van der Waals surface area contributed by atoms with Gasteiger partial charge in [-0.1, -0.05) is 6.92 Å². The van der Waals surface area contributed by atoms with E-state index in [2.05, 4.69) is 0 Å². The number of hydrogen-bond acceptors (Lipinski definition) is 5. The second-order valence-electron chi connectivity index (χ2n) is 3.28. The smallest absolute Gasteiger partial charge is 0.111 e. The summed E-state index contributed by atoms with van der Waals surface area (Å²) in [5.41, 5.74) is 0. The molecule has 0 amide bonds. The summed E-state index contributed by atoms with van der Waals surface area (Å²) in [6, 6.07) is 0. The average molecular weight is 192 g/mol. The van der Waals surface area contributed by atoms with Crippen molar-refractivity contribution < 1.29 is 25.2 Å². The summed E-state index contributed by atoms with van der Waals surface area (Å²) in [5.74, 6) is 0. The SMILES string of the molecule is CC[C@H]1O[C@H](CO)[C@@H](O)[C@H](O)[C@@H]1O. The van der Waals surface area contributed by atoms with E-state index in [4.69, 9.17) is 9.84 Å². The third-order valence-corrected chi connectivity index (χ3v) is 2.39. The zero-order valence-corrected chi connectivity index (χ0v) is 7.50. The highest BCUT2D eigenvalue weighted by molar-refractivity contribution is 4.91. The Morgan fingerprint density at radius 2 is 1.54 bits per heavy atom. The molecule has 0 saturated carbocycles. The first kappa shape index (κ1) is 10.9. The van der Waals surface area contributed by atoms with Crippen LogP contribution in [-0.4, -0.2) is 57.6 Å². The van der Waals surface area contributed by atoms with Gasteiger partial charge >= 0.3 is 0 Å². The zero-order chi connectivity index (χ0) is 10.0. The fraction of sp³-hybridized carbons (Fsp3) is 1.00. The molecule has 4 N–H and O–H groups in total. The van der Waals surface area contributed by atoms with Gasteiger partial charge in [-0.15, -0.1) is 0 Å². The lowest BCUT2D eigenvalue weighted by Gasteiger charge is -2.39. The summed E-state index contributed by atoms with van der Waals surface area (Å²) >= 11 is 0. The van der Waals surface area contributed by atoms with E-state index in [1.807, 2.05) is 0 Å². The van der Waals surface area contributed by atoms with Gasteiger partial charge in [-0.2, -0.15) is 0 Å². The maximum absolute atomic E-state index is 9.40. The van der Waals surface area contributed by atoms with Crippen molar-refractivity contribution in [3.63, 3.8) is 0 Å². The first-order valence-electron chi connectivity index (χ1n) is 4.42. The largest absolute Gasteiger partial charge is 0.394 e. The van der Waals surface area contributed by atoms with Crippen LogP contribution >= 0.6 is 0 Å². The molecule has 13 heavy (non-hydrogen) atoms. The van der Waals surface area contributed by atoms with Gasteiger partial charge in [0.2, 0.25) is 0 Å². The van der Waals surface area contributed by atoms with Gasteiger partial charge in [-0.05, 0) is 6.42 Å². The summed E-state index contributed by atoms with van der Waals surface area (Å²) in [6.07, 6.45) is -4.33. The van der Waals surface area contributed by atoms with Crippen LogP contribution in [0.4, 0.5) is 0 Å². The molecule has 0 spiro atoms. The van der Waals surface area contributed by atoms with Crippen LogP contribution in [0.3, 0.4) is 0 Å². The Kier molecular flexibility index (Phi) is 3.63. The Balaban J connectivity index is 2.66. The maximum Gasteiger partial charge on any atom is 0.111 e. The van der Waals surface area contributed by atoms with Crippen LogP contribution in [0.5, 0.6) is 0 Å². The Hall–Kier alpha value is -0.200. The number of aliphatic hydroxyl groups is 4. The van der Waals surface area contributed by atoms with Gasteiger partial charge in [0.05, 0.1) is 12.7 Å². The summed E-state index contributed by atoms with van der Waals surface area (Å²) < 4.78 is 5.17. The fourth-order valence-corrected chi connectivity index (χ4v) is 1.52. The van der Waals surface area contributed by atoms with Crippen molar-refractivity contribution in [1.29, 1.82) is 0 Å². The molecule has 1 aliphatic heterocycles. The van der Waals surface area contributed by atoms with E-state index < -0.39 is 30.5 Å². The van der Waals surface area contributed by atoms with Crippen molar-refractivity contribution >= 4 is 0 Å². The molecule has 1 fully saturated rings. The van der Waals surface area contributed by atoms with Crippen molar-refractivity contribution in [3.05, 3.63) is 0 Å². The monoisotopic (exact) mass is 192 g/mol. The number of hydrogen-bond donors (Lipinski definition) is 4. The van der Waals surface area contributed by atoms with Gasteiger partial charge in [-0.25, -0.2) is 0 Å². The van der Waals surface area contributed by atoms with Crippen molar-refractivity contribution in [3.8, 4) is 0 Å². The second-order valence-corrected chi connectivity index (χ2v) is 3.28. The summed E-state index contributed by atoms with van der Waals surface area (Å²) in [5, 5.41) is 36.9. The van der Waals surface area contributed by atoms with Crippen LogP contribution in [-0.2, 0) is 4.74 Å². The first-order valence-corrected chi connectivity index (χ1v) is 4.42. The topological polar surface area (TPSA) is 90.2 Å². The molecule has 1 saturated heterocycles. The number of rotatable bonds is 2. The van der Waals surface area contributed by atoms with E-state index in [1.165, 1.54) is 0 Å². The van der Waals surface area contributed by atoms with E-state index in [9.17, 15) is 15.3 Å². The Morgan fingerprint density at radius 1 is 1.00 bits per heavy atom. The minimum Gasteiger partial charge on any atom is -0.394 e. The normalized spacial score (nSPS) is 46.4. The predicted molar refractivity (Wildman–Crippen MR) is 44.1 cm³/mol. The van der Waals surface area contributed by atoms with Crippen LogP contribution in [0.1, 0.15) is 13.3 Å². The molecule has 78 valence electrons. The van der Waals surface area contributed by atoms with E-state index >= 15 is 0 Å². The van der Waals surface area contributed by atoms with Crippen LogP contribution in [0.15, 0.2) is 0 Å². The van der Waals surface area contributed by atoms with E-state index in [1.54, 1.807) is 6.92 Å². The lowest BCUT2D eigenvalue weighted by atomic mass is 9.94. The summed E-state index contributed by atoms with van der Waals surface area (Å²) in [6.45, 7) is 1.44. The molecule has 0 bridgehead atoms. The molecule has 0 unspecified atom stereocenters. The highest BCUT2D eigenvalue weighted by Crippen LogP contribution is 2.22. The molecule has 1 heterocycles. The number of aliphatic hydroxyl groups excluding tert-OH is 4. The Bertz CT molecular complexity index is 143. The highest BCUT2D eigenvalue weighted by atomic mass is 16.5. The molecule has 5 nitrogen and oxygen atoms in total. The van der Waals surface area contributed by atoms with Gasteiger partial charge in [-0.3, -0.25) is 0 Å². The van der Waals surface area contributed by atoms with E-state index in [0.717, 1.165) is 0 Å². The van der Waals surface area contributed by atoms with Crippen LogP contribution in [0, 0.1) is 0 Å². The van der Waals surface area contributed by atoms with Crippen LogP contribution in [0.2, 0.25) is 0 Å². The zero-order valence-electron chi connectivity index (χ0n) is 7.50. The molecule has 1 aliphatic rings. The highest BCUT2D eigenvalue weighted by Gasteiger charge is 2.42. The molecule has 0 radical (unpaired) electrons. The van der Waals surface area contributed by atoms with Crippen molar-refractivity contribution in [2.24, 2.45) is 0 Å². The molecular weight excluding hydrogens is 176 g/mol. The number of ether oxygens (including phenoxy) is 1. The lowest BCUT2D eigenvalue weighted by Crippen LogP contribution is -2.58. The average Bonchev–Trinajstić information content (AvgIpc) is 2.15. The third kappa shape index (κ3) is 2.00. The first-order chi connectivity index (χ1) is 6.11. The maximum atomic E-state index is 9.40. The molecule has 0 aromatic rings.